The molecule has 0 radical (unpaired) electrons. The van der Waals surface area contributed by atoms with Crippen molar-refractivity contribution in [1.82, 2.24) is 5.32 Å². The van der Waals surface area contributed by atoms with Crippen LogP contribution in [0.15, 0.2) is 18.2 Å². The van der Waals surface area contributed by atoms with Crippen LogP contribution in [0.3, 0.4) is 0 Å². The number of amides is 3. The fourth-order valence-corrected chi connectivity index (χ4v) is 3.23. The van der Waals surface area contributed by atoms with Crippen LogP contribution in [-0.4, -0.2) is 44.8 Å². The molecule has 1 aromatic rings. The summed E-state index contributed by atoms with van der Waals surface area (Å²) in [6.07, 6.45) is 4.14. The summed E-state index contributed by atoms with van der Waals surface area (Å²) < 4.78 is 10.7. The number of rotatable bonds is 4. The van der Waals surface area contributed by atoms with E-state index in [0.717, 1.165) is 31.4 Å². The summed E-state index contributed by atoms with van der Waals surface area (Å²) in [7, 11) is 1.57. The van der Waals surface area contributed by atoms with Crippen LogP contribution in [-0.2, 0) is 9.53 Å². The number of nitrogens with zero attached hydrogens (tertiary/aromatic N) is 1. The maximum atomic E-state index is 12.2. The highest BCUT2D eigenvalue weighted by Crippen LogP contribution is 2.33. The number of hydrogen-bond donors (Lipinski definition) is 2. The Kier molecular flexibility index (Phi) is 5.75. The zero-order valence-electron chi connectivity index (χ0n) is 14.5. The SMILES string of the molecule is COc1cc(NC(=O)NC2CCOCC2)ccc1N1CCCCC1=O. The summed E-state index contributed by atoms with van der Waals surface area (Å²) in [5.74, 6) is 0.696. The largest absolute Gasteiger partial charge is 0.494 e. The normalized spacial score (nSPS) is 18.8. The number of benzene rings is 1. The number of nitrogens with one attached hydrogen (secondary N) is 2. The van der Waals surface area contributed by atoms with E-state index in [0.29, 0.717) is 37.6 Å². The van der Waals surface area contributed by atoms with E-state index in [1.807, 2.05) is 6.07 Å². The molecule has 2 saturated heterocycles. The number of carbonyl (C=O) groups is 2. The molecule has 2 aliphatic heterocycles. The lowest BCUT2D eigenvalue weighted by Crippen LogP contribution is -2.41. The van der Waals surface area contributed by atoms with Gasteiger partial charge in [0.05, 0.1) is 12.8 Å². The zero-order valence-corrected chi connectivity index (χ0v) is 14.5. The molecule has 2 heterocycles. The van der Waals surface area contributed by atoms with E-state index in [4.69, 9.17) is 9.47 Å². The van der Waals surface area contributed by atoms with E-state index in [9.17, 15) is 9.59 Å². The van der Waals surface area contributed by atoms with Crippen LogP contribution in [0, 0.1) is 0 Å². The second-order valence-electron chi connectivity index (χ2n) is 6.37. The highest BCUT2D eigenvalue weighted by molar-refractivity contribution is 5.96. The van der Waals surface area contributed by atoms with Crippen molar-refractivity contribution in [2.45, 2.75) is 38.1 Å². The van der Waals surface area contributed by atoms with Gasteiger partial charge in [-0.2, -0.15) is 0 Å². The first kappa shape index (κ1) is 17.5. The lowest BCUT2D eigenvalue weighted by atomic mass is 10.1. The highest BCUT2D eigenvalue weighted by atomic mass is 16.5. The van der Waals surface area contributed by atoms with Crippen LogP contribution < -0.4 is 20.3 Å². The van der Waals surface area contributed by atoms with Crippen molar-refractivity contribution in [3.05, 3.63) is 18.2 Å². The van der Waals surface area contributed by atoms with Gasteiger partial charge in [-0.1, -0.05) is 0 Å². The fraction of sp³-hybridized carbons (Fsp3) is 0.556. The first-order valence-electron chi connectivity index (χ1n) is 8.81. The first-order chi connectivity index (χ1) is 12.2. The molecular formula is C18H25N3O4. The van der Waals surface area contributed by atoms with Crippen molar-refractivity contribution in [3.8, 4) is 5.75 Å². The third-order valence-electron chi connectivity index (χ3n) is 4.61. The second kappa shape index (κ2) is 8.20. The zero-order chi connectivity index (χ0) is 17.6. The average molecular weight is 347 g/mol. The van der Waals surface area contributed by atoms with E-state index in [1.165, 1.54) is 0 Å². The molecule has 0 atom stereocenters. The smallest absolute Gasteiger partial charge is 0.319 e. The van der Waals surface area contributed by atoms with Gasteiger partial charge >= 0.3 is 6.03 Å². The Bertz CT molecular complexity index is 629. The summed E-state index contributed by atoms with van der Waals surface area (Å²) in [6, 6.07) is 5.27. The van der Waals surface area contributed by atoms with Crippen molar-refractivity contribution in [2.75, 3.05) is 37.1 Å². The molecule has 0 saturated carbocycles. The number of carbonyl (C=O) groups excluding carboxylic acids is 2. The molecular weight excluding hydrogens is 322 g/mol. The maximum absolute atomic E-state index is 12.2. The van der Waals surface area contributed by atoms with E-state index < -0.39 is 0 Å². The maximum Gasteiger partial charge on any atom is 0.319 e. The third kappa shape index (κ3) is 4.42. The molecule has 0 aromatic heterocycles. The van der Waals surface area contributed by atoms with Gasteiger partial charge in [-0.25, -0.2) is 4.79 Å². The minimum Gasteiger partial charge on any atom is -0.494 e. The molecule has 0 unspecified atom stereocenters. The molecule has 2 fully saturated rings. The van der Waals surface area contributed by atoms with Gasteiger partial charge in [-0.15, -0.1) is 0 Å². The quantitative estimate of drug-likeness (QED) is 0.877. The Morgan fingerprint density at radius 1 is 1.28 bits per heavy atom. The molecule has 7 nitrogen and oxygen atoms in total. The lowest BCUT2D eigenvalue weighted by molar-refractivity contribution is -0.119. The summed E-state index contributed by atoms with van der Waals surface area (Å²) in [6.45, 7) is 2.06. The van der Waals surface area contributed by atoms with Crippen LogP contribution in [0.5, 0.6) is 5.75 Å². The molecule has 0 aliphatic carbocycles. The molecule has 25 heavy (non-hydrogen) atoms. The van der Waals surface area contributed by atoms with Gasteiger partial charge in [0, 0.05) is 44.0 Å². The van der Waals surface area contributed by atoms with Crippen LogP contribution in [0.1, 0.15) is 32.1 Å². The van der Waals surface area contributed by atoms with E-state index >= 15 is 0 Å². The number of ether oxygens (including phenoxy) is 2. The topological polar surface area (TPSA) is 79.9 Å². The highest BCUT2D eigenvalue weighted by Gasteiger charge is 2.23. The predicted molar refractivity (Wildman–Crippen MR) is 95.2 cm³/mol. The predicted octanol–water partition coefficient (Wildman–Crippen LogP) is 2.51. The Hall–Kier alpha value is -2.28. The molecule has 3 amide bonds. The molecule has 0 bridgehead atoms. The molecule has 1 aromatic carbocycles. The minimum absolute atomic E-state index is 0.113. The monoisotopic (exact) mass is 347 g/mol. The molecule has 136 valence electrons. The van der Waals surface area contributed by atoms with Gasteiger partial charge in [0.15, 0.2) is 0 Å². The fourth-order valence-electron chi connectivity index (χ4n) is 3.23. The average Bonchev–Trinajstić information content (AvgIpc) is 2.63. The van der Waals surface area contributed by atoms with Crippen molar-refractivity contribution >= 4 is 23.3 Å². The van der Waals surface area contributed by atoms with Crippen LogP contribution in [0.4, 0.5) is 16.2 Å². The van der Waals surface area contributed by atoms with Gasteiger partial charge in [-0.05, 0) is 37.8 Å². The minimum atomic E-state index is -0.240. The third-order valence-corrected chi connectivity index (χ3v) is 4.61. The Morgan fingerprint density at radius 2 is 2.08 bits per heavy atom. The van der Waals surface area contributed by atoms with Crippen molar-refractivity contribution < 1.29 is 19.1 Å². The van der Waals surface area contributed by atoms with E-state index in [-0.39, 0.29) is 18.0 Å². The Labute approximate surface area is 147 Å². The van der Waals surface area contributed by atoms with Crippen LogP contribution in [0.2, 0.25) is 0 Å². The summed E-state index contributed by atoms with van der Waals surface area (Å²) >= 11 is 0. The first-order valence-corrected chi connectivity index (χ1v) is 8.81. The van der Waals surface area contributed by atoms with Crippen molar-refractivity contribution in [3.63, 3.8) is 0 Å². The Balaban J connectivity index is 1.66. The van der Waals surface area contributed by atoms with Gasteiger partial charge in [0.25, 0.3) is 0 Å². The van der Waals surface area contributed by atoms with Gasteiger partial charge in [0.2, 0.25) is 5.91 Å². The standard InChI is InChI=1S/C18H25N3O4/c1-24-16-12-14(20-18(23)19-13-7-10-25-11-8-13)5-6-15(16)21-9-3-2-4-17(21)22/h5-6,12-13H,2-4,7-11H2,1H3,(H2,19,20,23). The van der Waals surface area contributed by atoms with Crippen molar-refractivity contribution in [2.24, 2.45) is 0 Å². The molecule has 2 aliphatic rings. The summed E-state index contributed by atoms with van der Waals surface area (Å²) in [4.78, 5) is 26.0. The number of piperidine rings is 1. The van der Waals surface area contributed by atoms with Crippen LogP contribution >= 0.6 is 0 Å². The Morgan fingerprint density at radius 3 is 2.80 bits per heavy atom. The number of urea groups is 1. The van der Waals surface area contributed by atoms with E-state index in [2.05, 4.69) is 10.6 Å². The summed E-state index contributed by atoms with van der Waals surface area (Å²) in [5.41, 5.74) is 1.39. The van der Waals surface area contributed by atoms with Gasteiger partial charge < -0.3 is 25.0 Å². The van der Waals surface area contributed by atoms with Crippen molar-refractivity contribution in [1.29, 1.82) is 0 Å². The molecule has 3 rings (SSSR count). The lowest BCUT2D eigenvalue weighted by Gasteiger charge is -2.28. The second-order valence-corrected chi connectivity index (χ2v) is 6.37. The summed E-state index contributed by atoms with van der Waals surface area (Å²) in [5, 5.41) is 5.79. The molecule has 0 spiro atoms. The number of anilines is 2. The van der Waals surface area contributed by atoms with Crippen LogP contribution in [0.25, 0.3) is 0 Å². The van der Waals surface area contributed by atoms with E-state index in [1.54, 1.807) is 24.1 Å². The molecule has 2 N–H and O–H groups in total. The van der Waals surface area contributed by atoms with Gasteiger partial charge in [-0.3, -0.25) is 4.79 Å². The number of hydrogen-bond acceptors (Lipinski definition) is 4. The number of methoxy groups -OCH3 is 1. The van der Waals surface area contributed by atoms with Gasteiger partial charge in [0.1, 0.15) is 5.75 Å². The molecule has 7 heteroatoms.